The van der Waals surface area contributed by atoms with Crippen LogP contribution in [0.2, 0.25) is 0 Å². The van der Waals surface area contributed by atoms with Gasteiger partial charge in [-0.3, -0.25) is 4.79 Å². The zero-order valence-corrected chi connectivity index (χ0v) is 19.7. The van der Waals surface area contributed by atoms with Crippen molar-refractivity contribution in [3.8, 4) is 5.75 Å². The van der Waals surface area contributed by atoms with E-state index in [0.717, 1.165) is 0 Å². The highest BCUT2D eigenvalue weighted by Crippen LogP contribution is 2.31. The first-order valence-electron chi connectivity index (χ1n) is 11.1. The van der Waals surface area contributed by atoms with Crippen molar-refractivity contribution in [3.63, 3.8) is 0 Å². The molecule has 2 aliphatic rings. The fourth-order valence-electron chi connectivity index (χ4n) is 3.94. The number of carbonyl (C=O) groups excluding carboxylic acids is 1. The number of hydrogen-bond donors (Lipinski definition) is 3. The van der Waals surface area contributed by atoms with E-state index in [-0.39, 0.29) is 34.3 Å². The maximum Gasteiger partial charge on any atom is 0.387 e. The Morgan fingerprint density at radius 1 is 1.24 bits per heavy atom. The molecule has 0 bridgehead atoms. The van der Waals surface area contributed by atoms with Gasteiger partial charge in [0, 0.05) is 5.92 Å². The van der Waals surface area contributed by atoms with Crippen LogP contribution in [0.25, 0.3) is 5.70 Å². The summed E-state index contributed by atoms with van der Waals surface area (Å²) in [6.07, 6.45) is 10.3. The summed E-state index contributed by atoms with van der Waals surface area (Å²) in [6, 6.07) is 5.58. The van der Waals surface area contributed by atoms with Crippen LogP contribution in [0.15, 0.2) is 96.4 Å². The predicted octanol–water partition coefficient (Wildman–Crippen LogP) is 4.25. The minimum atomic E-state index is -3.02. The summed E-state index contributed by atoms with van der Waals surface area (Å²) in [6.45, 7) is 2.51. The van der Waals surface area contributed by atoms with E-state index in [1.54, 1.807) is 31.2 Å². The van der Waals surface area contributed by atoms with Crippen LogP contribution < -0.4 is 21.5 Å². The summed E-state index contributed by atoms with van der Waals surface area (Å²) in [5, 5.41) is 7.26. The number of anilines is 1. The third kappa shape index (κ3) is 5.30. The van der Waals surface area contributed by atoms with Crippen LogP contribution in [-0.2, 0) is 4.74 Å². The Kier molecular flexibility index (Phi) is 7.23. The zero-order valence-electron chi connectivity index (χ0n) is 19.7. The van der Waals surface area contributed by atoms with Crippen LogP contribution in [0.3, 0.4) is 0 Å². The number of nitrogens with two attached hydrogens (primary N) is 2. The number of alkyl halides is 2. The van der Waals surface area contributed by atoms with Crippen molar-refractivity contribution < 1.29 is 27.4 Å². The van der Waals surface area contributed by atoms with Crippen molar-refractivity contribution in [1.29, 1.82) is 0 Å². The molecule has 192 valence electrons. The molecule has 2 heterocycles. The number of benzene rings is 1. The van der Waals surface area contributed by atoms with Gasteiger partial charge < -0.3 is 26.3 Å². The van der Waals surface area contributed by atoms with Gasteiger partial charge in [0.2, 0.25) is 5.78 Å². The number of fused-ring (bicyclic) bond motifs is 1. The average Bonchev–Trinajstić information content (AvgIpc) is 3.44. The van der Waals surface area contributed by atoms with Crippen molar-refractivity contribution in [2.24, 2.45) is 11.7 Å². The number of aromatic nitrogens is 2. The van der Waals surface area contributed by atoms with Gasteiger partial charge in [-0.1, -0.05) is 18.7 Å². The molecule has 2 atom stereocenters. The minimum Gasteiger partial charge on any atom is -0.462 e. The topological polar surface area (TPSA) is 117 Å². The summed E-state index contributed by atoms with van der Waals surface area (Å²) in [7, 11) is 0. The predicted molar refractivity (Wildman–Crippen MR) is 132 cm³/mol. The van der Waals surface area contributed by atoms with Crippen molar-refractivity contribution in [3.05, 3.63) is 108 Å². The summed E-state index contributed by atoms with van der Waals surface area (Å²) >= 11 is 0. The fourth-order valence-corrected chi connectivity index (χ4v) is 3.94. The molecule has 0 saturated heterocycles. The Morgan fingerprint density at radius 2 is 2.00 bits per heavy atom. The number of para-hydroxylation sites is 1. The largest absolute Gasteiger partial charge is 0.462 e. The average molecular weight is 512 g/mol. The molecule has 0 spiro atoms. The van der Waals surface area contributed by atoms with Crippen LogP contribution in [0, 0.1) is 11.7 Å². The Hall–Kier alpha value is -4.67. The Bertz CT molecular complexity index is 1390. The fraction of sp³-hybridized carbons (Fsp3) is 0.154. The number of ether oxygens (including phenoxy) is 2. The lowest BCUT2D eigenvalue weighted by atomic mass is 9.95. The number of nitrogen functional groups attached to an aromatic ring is 1. The van der Waals surface area contributed by atoms with Gasteiger partial charge in [0.05, 0.1) is 41.2 Å². The highest BCUT2D eigenvalue weighted by atomic mass is 19.3. The third-order valence-corrected chi connectivity index (χ3v) is 5.77. The number of allylic oxidation sites excluding steroid dienone is 5. The van der Waals surface area contributed by atoms with Gasteiger partial charge >= 0.3 is 6.61 Å². The van der Waals surface area contributed by atoms with E-state index in [0.29, 0.717) is 11.3 Å². The van der Waals surface area contributed by atoms with Gasteiger partial charge in [0.1, 0.15) is 11.6 Å². The number of halogens is 3. The first-order valence-corrected chi connectivity index (χ1v) is 11.1. The summed E-state index contributed by atoms with van der Waals surface area (Å²) in [5.41, 5.74) is 13.6. The van der Waals surface area contributed by atoms with Crippen molar-refractivity contribution in [2.45, 2.75) is 19.6 Å². The zero-order chi connectivity index (χ0) is 26.7. The van der Waals surface area contributed by atoms with E-state index in [1.165, 1.54) is 47.5 Å². The molecule has 1 aliphatic heterocycles. The lowest BCUT2D eigenvalue weighted by molar-refractivity contribution is -0.0942. The van der Waals surface area contributed by atoms with Gasteiger partial charge in [-0.15, -0.1) is 0 Å². The Morgan fingerprint density at radius 3 is 2.70 bits per heavy atom. The van der Waals surface area contributed by atoms with E-state index in [4.69, 9.17) is 16.2 Å². The van der Waals surface area contributed by atoms with Crippen molar-refractivity contribution in [2.75, 3.05) is 5.73 Å². The molecule has 5 N–H and O–H groups in total. The molecule has 4 rings (SSSR count). The molecule has 0 amide bonds. The standard InChI is InChI=1S/C26H24F3N5O3/c1-3-21(14(2)8-9-36-22-7-5-4-6-17(22)27)34-25(31)16(13-32-34)24(35)20-10-15-11-23(37-26(28)29)18(30)12-19(15)33-20/h3-13,15,19,26,33H,1,30-31H2,2H3/b9-8+,21-14+. The first kappa shape index (κ1) is 25.4. The van der Waals surface area contributed by atoms with E-state index in [9.17, 15) is 18.0 Å². The van der Waals surface area contributed by atoms with Gasteiger partial charge in [-0.25, -0.2) is 9.07 Å². The molecule has 8 nitrogen and oxygen atoms in total. The smallest absolute Gasteiger partial charge is 0.387 e. The number of rotatable bonds is 9. The number of nitrogens with one attached hydrogen (secondary N) is 1. The third-order valence-electron chi connectivity index (χ3n) is 5.77. The molecule has 37 heavy (non-hydrogen) atoms. The monoisotopic (exact) mass is 511 g/mol. The van der Waals surface area contributed by atoms with Crippen molar-refractivity contribution >= 4 is 17.3 Å². The molecule has 0 radical (unpaired) electrons. The molecular formula is C26H24F3N5O3. The van der Waals surface area contributed by atoms with Crippen LogP contribution in [-0.4, -0.2) is 28.2 Å². The molecule has 1 aliphatic carbocycles. The molecule has 0 fully saturated rings. The van der Waals surface area contributed by atoms with Crippen molar-refractivity contribution in [1.82, 2.24) is 15.1 Å². The maximum atomic E-state index is 13.7. The van der Waals surface area contributed by atoms with Crippen LogP contribution in [0.5, 0.6) is 5.75 Å². The van der Waals surface area contributed by atoms with E-state index in [1.807, 2.05) is 0 Å². The number of ketones is 1. The SMILES string of the molecule is C=C/C(=C(C)\C=C\Oc1ccccc1F)n1ncc(C(=O)C2=CC3C=C(OC(F)F)C(N)=CC3N2)c1N. The van der Waals surface area contributed by atoms with E-state index >= 15 is 0 Å². The van der Waals surface area contributed by atoms with E-state index < -0.39 is 30.2 Å². The Balaban J connectivity index is 1.54. The summed E-state index contributed by atoms with van der Waals surface area (Å²) in [5.74, 6) is -1.36. The molecule has 1 aromatic carbocycles. The number of Topliss-reactive ketones (excluding diaryl/α,β-unsaturated/α-hetero) is 1. The molecule has 2 aromatic rings. The van der Waals surface area contributed by atoms with E-state index in [2.05, 4.69) is 21.7 Å². The van der Waals surface area contributed by atoms with Crippen LogP contribution in [0.4, 0.5) is 19.0 Å². The number of carbonyl (C=O) groups is 1. The quantitative estimate of drug-likeness (QED) is 0.262. The minimum absolute atomic E-state index is 0.0479. The second-order valence-electron chi connectivity index (χ2n) is 8.17. The highest BCUT2D eigenvalue weighted by Gasteiger charge is 2.33. The summed E-state index contributed by atoms with van der Waals surface area (Å²) in [4.78, 5) is 13.2. The highest BCUT2D eigenvalue weighted by molar-refractivity contribution is 6.11. The maximum absolute atomic E-state index is 13.7. The lowest BCUT2D eigenvalue weighted by Gasteiger charge is -2.22. The summed E-state index contributed by atoms with van der Waals surface area (Å²) < 4.78 is 50.1. The molecule has 1 aromatic heterocycles. The van der Waals surface area contributed by atoms with Gasteiger partial charge in [0.25, 0.3) is 0 Å². The van der Waals surface area contributed by atoms with Gasteiger partial charge in [0.15, 0.2) is 11.6 Å². The lowest BCUT2D eigenvalue weighted by Crippen LogP contribution is -2.32. The van der Waals surface area contributed by atoms with Gasteiger partial charge in [-0.05, 0) is 55.0 Å². The normalized spacial score (nSPS) is 19.4. The number of nitrogens with zero attached hydrogens (tertiary/aromatic N) is 2. The van der Waals surface area contributed by atoms with Crippen LogP contribution in [0.1, 0.15) is 17.3 Å². The Labute approximate surface area is 210 Å². The van der Waals surface area contributed by atoms with Gasteiger partial charge in [-0.2, -0.15) is 13.9 Å². The molecule has 2 unspecified atom stereocenters. The first-order chi connectivity index (χ1) is 17.7. The molecule has 0 saturated carbocycles. The molecular weight excluding hydrogens is 487 g/mol. The van der Waals surface area contributed by atoms with Crippen LogP contribution >= 0.6 is 0 Å². The second kappa shape index (κ2) is 10.5. The number of hydrogen-bond acceptors (Lipinski definition) is 7. The second-order valence-corrected chi connectivity index (χ2v) is 8.17. The molecule has 11 heteroatoms.